The van der Waals surface area contributed by atoms with Crippen LogP contribution in [0, 0.1) is 6.92 Å². The Morgan fingerprint density at radius 3 is 2.62 bits per heavy atom. The molecule has 0 bridgehead atoms. The molecule has 2 N–H and O–H groups in total. The normalized spacial score (nSPS) is 16.8. The molecule has 1 aliphatic rings. The van der Waals surface area contributed by atoms with Gasteiger partial charge in [0.05, 0.1) is 13.2 Å². The van der Waals surface area contributed by atoms with Crippen molar-refractivity contribution in [2.45, 2.75) is 33.2 Å². The molecule has 2 heterocycles. The van der Waals surface area contributed by atoms with Crippen LogP contribution in [-0.2, 0) is 4.74 Å². The predicted molar refractivity (Wildman–Crippen MR) is 85.9 cm³/mol. The van der Waals surface area contributed by atoms with E-state index in [1.807, 2.05) is 13.0 Å². The summed E-state index contributed by atoms with van der Waals surface area (Å²) in [5.41, 5.74) is 0.955. The fourth-order valence-electron chi connectivity index (χ4n) is 2.25. The van der Waals surface area contributed by atoms with Gasteiger partial charge in [-0.15, -0.1) is 0 Å². The van der Waals surface area contributed by atoms with E-state index in [0.29, 0.717) is 5.95 Å². The molecule has 0 aromatic carbocycles. The van der Waals surface area contributed by atoms with Crippen LogP contribution in [-0.4, -0.2) is 59.8 Å². The van der Waals surface area contributed by atoms with Gasteiger partial charge in [0.25, 0.3) is 0 Å². The topological polar surface area (TPSA) is 62.3 Å². The van der Waals surface area contributed by atoms with Gasteiger partial charge < -0.3 is 15.4 Å². The Labute approximate surface area is 127 Å². The van der Waals surface area contributed by atoms with Crippen molar-refractivity contribution in [3.63, 3.8) is 0 Å². The van der Waals surface area contributed by atoms with Crippen molar-refractivity contribution >= 4 is 11.8 Å². The summed E-state index contributed by atoms with van der Waals surface area (Å²) in [6.45, 7) is 13.9. The van der Waals surface area contributed by atoms with Crippen LogP contribution >= 0.6 is 0 Å². The molecule has 0 spiro atoms. The largest absolute Gasteiger partial charge is 0.379 e. The summed E-state index contributed by atoms with van der Waals surface area (Å²) in [5, 5.41) is 6.70. The molecule has 1 aromatic rings. The zero-order chi connectivity index (χ0) is 15.3. The van der Waals surface area contributed by atoms with Gasteiger partial charge in [0, 0.05) is 43.5 Å². The third-order valence-corrected chi connectivity index (χ3v) is 3.17. The quantitative estimate of drug-likeness (QED) is 0.862. The third kappa shape index (κ3) is 5.85. The van der Waals surface area contributed by atoms with E-state index in [1.54, 1.807) is 0 Å². The summed E-state index contributed by atoms with van der Waals surface area (Å²) in [4.78, 5) is 11.4. The maximum absolute atomic E-state index is 5.35. The van der Waals surface area contributed by atoms with Crippen LogP contribution in [0.1, 0.15) is 26.5 Å². The first-order chi connectivity index (χ1) is 9.92. The highest BCUT2D eigenvalue weighted by Crippen LogP contribution is 2.14. The number of anilines is 2. The standard InChI is InChI=1S/C15H27N5O/c1-12-11-13(19-15(2,3)4)18-14(17-12)16-5-6-20-7-9-21-10-8-20/h11H,5-10H2,1-4H3,(H2,16,17,18,19). The molecule has 0 aliphatic carbocycles. The molecule has 0 radical (unpaired) electrons. The summed E-state index contributed by atoms with van der Waals surface area (Å²) >= 11 is 0. The molecule has 1 fully saturated rings. The number of hydrogen-bond donors (Lipinski definition) is 2. The van der Waals surface area contributed by atoms with Crippen LogP contribution in [0.15, 0.2) is 6.07 Å². The fraction of sp³-hybridized carbons (Fsp3) is 0.733. The third-order valence-electron chi connectivity index (χ3n) is 3.17. The SMILES string of the molecule is Cc1cc(NC(C)(C)C)nc(NCCN2CCOCC2)n1. The van der Waals surface area contributed by atoms with Gasteiger partial charge in [0.1, 0.15) is 5.82 Å². The number of nitrogens with one attached hydrogen (secondary N) is 2. The molecule has 0 atom stereocenters. The zero-order valence-electron chi connectivity index (χ0n) is 13.6. The Kier molecular flexibility index (Phi) is 5.36. The lowest BCUT2D eigenvalue weighted by molar-refractivity contribution is 0.0398. The van der Waals surface area contributed by atoms with E-state index in [0.717, 1.165) is 50.9 Å². The van der Waals surface area contributed by atoms with Crippen molar-refractivity contribution in [3.8, 4) is 0 Å². The van der Waals surface area contributed by atoms with Gasteiger partial charge in [-0.2, -0.15) is 4.98 Å². The van der Waals surface area contributed by atoms with Crippen LogP contribution < -0.4 is 10.6 Å². The van der Waals surface area contributed by atoms with E-state index in [-0.39, 0.29) is 5.54 Å². The van der Waals surface area contributed by atoms with E-state index in [4.69, 9.17) is 4.74 Å². The van der Waals surface area contributed by atoms with Crippen LogP contribution in [0.3, 0.4) is 0 Å². The smallest absolute Gasteiger partial charge is 0.224 e. The summed E-state index contributed by atoms with van der Waals surface area (Å²) in [6.07, 6.45) is 0. The maximum atomic E-state index is 5.35. The second-order valence-electron chi connectivity index (χ2n) is 6.47. The van der Waals surface area contributed by atoms with E-state index in [1.165, 1.54) is 0 Å². The van der Waals surface area contributed by atoms with Crippen LogP contribution in [0.25, 0.3) is 0 Å². The Bertz CT molecular complexity index is 452. The molecule has 1 aliphatic heterocycles. The predicted octanol–water partition coefficient (Wildman–Crippen LogP) is 1.74. The first-order valence-electron chi connectivity index (χ1n) is 7.60. The molecule has 6 heteroatoms. The highest BCUT2D eigenvalue weighted by molar-refractivity contribution is 5.43. The number of ether oxygens (including phenoxy) is 1. The molecular formula is C15H27N5O. The van der Waals surface area contributed by atoms with Crippen molar-refractivity contribution < 1.29 is 4.74 Å². The van der Waals surface area contributed by atoms with Crippen molar-refractivity contribution in [2.75, 3.05) is 50.0 Å². The summed E-state index contributed by atoms with van der Waals surface area (Å²) < 4.78 is 5.35. The van der Waals surface area contributed by atoms with Crippen LogP contribution in [0.2, 0.25) is 0 Å². The molecule has 1 saturated heterocycles. The second-order valence-corrected chi connectivity index (χ2v) is 6.47. The van der Waals surface area contributed by atoms with Gasteiger partial charge in [-0.3, -0.25) is 4.90 Å². The fourth-order valence-corrected chi connectivity index (χ4v) is 2.25. The van der Waals surface area contributed by atoms with Gasteiger partial charge in [0.15, 0.2) is 0 Å². The Hall–Kier alpha value is -1.40. The molecule has 0 amide bonds. The average molecular weight is 293 g/mol. The summed E-state index contributed by atoms with van der Waals surface area (Å²) in [7, 11) is 0. The number of rotatable bonds is 5. The van der Waals surface area contributed by atoms with E-state index in [2.05, 4.69) is 46.3 Å². The molecule has 118 valence electrons. The highest BCUT2D eigenvalue weighted by atomic mass is 16.5. The van der Waals surface area contributed by atoms with Gasteiger partial charge in [-0.05, 0) is 27.7 Å². The van der Waals surface area contributed by atoms with Crippen LogP contribution in [0.5, 0.6) is 0 Å². The Morgan fingerprint density at radius 1 is 1.24 bits per heavy atom. The molecule has 6 nitrogen and oxygen atoms in total. The molecule has 21 heavy (non-hydrogen) atoms. The van der Waals surface area contributed by atoms with E-state index >= 15 is 0 Å². The van der Waals surface area contributed by atoms with Crippen molar-refractivity contribution in [1.29, 1.82) is 0 Å². The molecule has 1 aromatic heterocycles. The maximum Gasteiger partial charge on any atom is 0.224 e. The molecule has 0 saturated carbocycles. The number of morpholine rings is 1. The molecule has 2 rings (SSSR count). The van der Waals surface area contributed by atoms with Crippen molar-refractivity contribution in [2.24, 2.45) is 0 Å². The van der Waals surface area contributed by atoms with Crippen molar-refractivity contribution in [1.82, 2.24) is 14.9 Å². The first kappa shape index (κ1) is 16.0. The summed E-state index contributed by atoms with van der Waals surface area (Å²) in [5.74, 6) is 1.55. The van der Waals surface area contributed by atoms with Gasteiger partial charge >= 0.3 is 0 Å². The first-order valence-corrected chi connectivity index (χ1v) is 7.60. The van der Waals surface area contributed by atoms with Gasteiger partial charge in [0.2, 0.25) is 5.95 Å². The Morgan fingerprint density at radius 2 is 1.95 bits per heavy atom. The zero-order valence-corrected chi connectivity index (χ0v) is 13.6. The molecule has 0 unspecified atom stereocenters. The highest BCUT2D eigenvalue weighted by Gasteiger charge is 2.12. The van der Waals surface area contributed by atoms with Crippen LogP contribution in [0.4, 0.5) is 11.8 Å². The van der Waals surface area contributed by atoms with E-state index in [9.17, 15) is 0 Å². The van der Waals surface area contributed by atoms with E-state index < -0.39 is 0 Å². The minimum Gasteiger partial charge on any atom is -0.379 e. The molecular weight excluding hydrogens is 266 g/mol. The summed E-state index contributed by atoms with van der Waals surface area (Å²) in [6, 6.07) is 1.97. The lowest BCUT2D eigenvalue weighted by Crippen LogP contribution is -2.39. The minimum absolute atomic E-state index is 0.00807. The second kappa shape index (κ2) is 7.04. The lowest BCUT2D eigenvalue weighted by Gasteiger charge is -2.26. The Balaban J connectivity index is 1.87. The van der Waals surface area contributed by atoms with Crippen molar-refractivity contribution in [3.05, 3.63) is 11.8 Å². The average Bonchev–Trinajstić information content (AvgIpc) is 2.37. The van der Waals surface area contributed by atoms with Gasteiger partial charge in [-0.25, -0.2) is 4.98 Å². The minimum atomic E-state index is -0.00807. The number of aryl methyl sites for hydroxylation is 1. The monoisotopic (exact) mass is 293 g/mol. The number of hydrogen-bond acceptors (Lipinski definition) is 6. The number of nitrogens with zero attached hydrogens (tertiary/aromatic N) is 3. The lowest BCUT2D eigenvalue weighted by atomic mass is 10.1. The van der Waals surface area contributed by atoms with Gasteiger partial charge in [-0.1, -0.05) is 0 Å². The number of aromatic nitrogens is 2.